The summed E-state index contributed by atoms with van der Waals surface area (Å²) in [6.45, 7) is 5.50. The number of likely N-dealkylation sites (N-methyl/N-ethyl adjacent to an activating group) is 1. The summed E-state index contributed by atoms with van der Waals surface area (Å²) in [5.41, 5.74) is 0. The van der Waals surface area contributed by atoms with Crippen molar-refractivity contribution < 1.29 is 37.3 Å². The van der Waals surface area contributed by atoms with Crippen molar-refractivity contribution in [1.82, 2.24) is 0 Å². The van der Waals surface area contributed by atoms with E-state index in [-0.39, 0.29) is 25.8 Å². The Morgan fingerprint density at radius 1 is 0.500 bits per heavy atom. The van der Waals surface area contributed by atoms with Crippen molar-refractivity contribution in [1.29, 1.82) is 0 Å². The SMILES string of the molecule is CC/C=C\C/C=C\C/C=C\C/C=C\C/C=C\C/C=C\CCCCCCCCCOCC(COP(=O)(O)OCC[N+](C)(C)C)OC(=O)CCCCCCCCCCCCCCCCCC. The topological polar surface area (TPSA) is 91.3 Å². The number of hydrogen-bond acceptors (Lipinski definition) is 6. The average Bonchev–Trinajstić information content (AvgIpc) is 3.25. The van der Waals surface area contributed by atoms with Gasteiger partial charge in [-0.3, -0.25) is 13.8 Å². The fourth-order valence-corrected chi connectivity index (χ4v) is 7.77. The second-order valence-electron chi connectivity index (χ2n) is 18.5. The van der Waals surface area contributed by atoms with Crippen molar-refractivity contribution in [2.24, 2.45) is 0 Å². The first-order chi connectivity index (χ1) is 31.1. The predicted molar refractivity (Wildman–Crippen MR) is 275 cm³/mol. The third-order valence-electron chi connectivity index (χ3n) is 11.0. The lowest BCUT2D eigenvalue weighted by Crippen LogP contribution is -2.37. The maximum atomic E-state index is 12.8. The molecule has 0 aromatic rings. The molecule has 64 heavy (non-hydrogen) atoms. The smallest absolute Gasteiger partial charge is 0.457 e. The van der Waals surface area contributed by atoms with Crippen LogP contribution in [0.2, 0.25) is 0 Å². The fraction of sp³-hybridized carbons (Fsp3) is 0.764. The number of phosphoric acid groups is 1. The molecule has 0 spiro atoms. The highest BCUT2D eigenvalue weighted by atomic mass is 31.2. The molecule has 9 heteroatoms. The minimum atomic E-state index is -4.29. The van der Waals surface area contributed by atoms with Gasteiger partial charge in [0.05, 0.1) is 34.4 Å². The summed E-state index contributed by atoms with van der Waals surface area (Å²) in [4.78, 5) is 23.0. The van der Waals surface area contributed by atoms with Gasteiger partial charge in [0.15, 0.2) is 0 Å². The lowest BCUT2D eigenvalue weighted by molar-refractivity contribution is -0.870. The van der Waals surface area contributed by atoms with Gasteiger partial charge in [-0.25, -0.2) is 4.57 Å². The van der Waals surface area contributed by atoms with Crippen LogP contribution in [0.15, 0.2) is 72.9 Å². The van der Waals surface area contributed by atoms with Crippen LogP contribution in [0.1, 0.15) is 213 Å². The molecule has 0 radical (unpaired) electrons. The first-order valence-corrected chi connectivity index (χ1v) is 27.7. The van der Waals surface area contributed by atoms with Crippen molar-refractivity contribution in [3.8, 4) is 0 Å². The van der Waals surface area contributed by atoms with Crippen LogP contribution in [0.5, 0.6) is 0 Å². The van der Waals surface area contributed by atoms with Crippen LogP contribution in [0.3, 0.4) is 0 Å². The van der Waals surface area contributed by atoms with Crippen molar-refractivity contribution in [2.75, 3.05) is 54.1 Å². The fourth-order valence-electron chi connectivity index (χ4n) is 7.03. The quantitative estimate of drug-likeness (QED) is 0.0214. The number of rotatable bonds is 48. The van der Waals surface area contributed by atoms with E-state index in [9.17, 15) is 14.3 Å². The van der Waals surface area contributed by atoms with E-state index in [0.717, 1.165) is 77.0 Å². The molecule has 0 amide bonds. The third-order valence-corrected chi connectivity index (χ3v) is 12.0. The van der Waals surface area contributed by atoms with Gasteiger partial charge in [0.1, 0.15) is 19.3 Å². The van der Waals surface area contributed by atoms with E-state index in [2.05, 4.69) is 86.8 Å². The molecular formula is C55H101NO7P+. The molecule has 2 unspecified atom stereocenters. The summed E-state index contributed by atoms with van der Waals surface area (Å²) in [6, 6.07) is 0. The van der Waals surface area contributed by atoms with Crippen LogP contribution >= 0.6 is 7.82 Å². The van der Waals surface area contributed by atoms with Gasteiger partial charge in [-0.05, 0) is 64.2 Å². The molecule has 372 valence electrons. The minimum Gasteiger partial charge on any atom is -0.457 e. The number of carbonyl (C=O) groups excluding carboxylic acids is 1. The molecule has 0 aromatic heterocycles. The number of quaternary nitrogens is 1. The zero-order valence-electron chi connectivity index (χ0n) is 42.3. The van der Waals surface area contributed by atoms with Crippen LogP contribution in [0.4, 0.5) is 0 Å². The molecular weight excluding hydrogens is 818 g/mol. The number of carbonyl (C=O) groups is 1. The number of hydrogen-bond donors (Lipinski definition) is 1. The van der Waals surface area contributed by atoms with E-state index in [4.69, 9.17) is 18.5 Å². The highest BCUT2D eigenvalue weighted by molar-refractivity contribution is 7.47. The highest BCUT2D eigenvalue weighted by Gasteiger charge is 2.26. The molecule has 0 aliphatic heterocycles. The van der Waals surface area contributed by atoms with Gasteiger partial charge in [0.2, 0.25) is 0 Å². The molecule has 0 saturated heterocycles. The summed E-state index contributed by atoms with van der Waals surface area (Å²) >= 11 is 0. The van der Waals surface area contributed by atoms with Crippen molar-refractivity contribution in [3.05, 3.63) is 72.9 Å². The summed E-state index contributed by atoms with van der Waals surface area (Å²) in [6.07, 6.45) is 62.3. The van der Waals surface area contributed by atoms with E-state index >= 15 is 0 Å². The Bertz CT molecular complexity index is 1250. The normalized spacial score (nSPS) is 14.2. The van der Waals surface area contributed by atoms with Gasteiger partial charge < -0.3 is 18.9 Å². The van der Waals surface area contributed by atoms with Gasteiger partial charge >= 0.3 is 13.8 Å². The van der Waals surface area contributed by atoms with Crippen LogP contribution in [0.25, 0.3) is 0 Å². The molecule has 1 N–H and O–H groups in total. The number of allylic oxidation sites excluding steroid dienone is 12. The Balaban J connectivity index is 4.15. The van der Waals surface area contributed by atoms with E-state index in [1.165, 1.54) is 116 Å². The third kappa shape index (κ3) is 50.9. The van der Waals surface area contributed by atoms with Crippen LogP contribution in [-0.2, 0) is 27.9 Å². The second-order valence-corrected chi connectivity index (χ2v) is 20.0. The molecule has 8 nitrogen and oxygen atoms in total. The first kappa shape index (κ1) is 61.9. The molecule has 0 aromatic carbocycles. The lowest BCUT2D eigenvalue weighted by atomic mass is 10.0. The summed E-state index contributed by atoms with van der Waals surface area (Å²) < 4.78 is 35.2. The number of unbranched alkanes of at least 4 members (excludes halogenated alkanes) is 22. The molecule has 0 aliphatic rings. The van der Waals surface area contributed by atoms with Crippen LogP contribution < -0.4 is 0 Å². The highest BCUT2D eigenvalue weighted by Crippen LogP contribution is 2.43. The Kier molecular flexibility index (Phi) is 45.9. The maximum absolute atomic E-state index is 12.8. The largest absolute Gasteiger partial charge is 0.472 e. The molecule has 0 rings (SSSR count). The van der Waals surface area contributed by atoms with Gasteiger partial charge in [0, 0.05) is 13.0 Å². The van der Waals surface area contributed by atoms with E-state index < -0.39 is 13.9 Å². The summed E-state index contributed by atoms with van der Waals surface area (Å²) in [7, 11) is 1.66. The van der Waals surface area contributed by atoms with Crippen LogP contribution in [-0.4, -0.2) is 75.6 Å². The molecule has 0 aliphatic carbocycles. The van der Waals surface area contributed by atoms with Gasteiger partial charge in [-0.15, -0.1) is 0 Å². The molecule has 0 bridgehead atoms. The molecule has 0 saturated carbocycles. The molecule has 0 heterocycles. The molecule has 0 fully saturated rings. The predicted octanol–water partition coefficient (Wildman–Crippen LogP) is 16.2. The summed E-state index contributed by atoms with van der Waals surface area (Å²) in [5, 5.41) is 0. The first-order valence-electron chi connectivity index (χ1n) is 26.2. The number of ether oxygens (including phenoxy) is 2. The maximum Gasteiger partial charge on any atom is 0.472 e. The van der Waals surface area contributed by atoms with Gasteiger partial charge in [-0.1, -0.05) is 215 Å². The Hall–Kier alpha value is -2.06. The minimum absolute atomic E-state index is 0.0843. The summed E-state index contributed by atoms with van der Waals surface area (Å²) in [5.74, 6) is -0.317. The zero-order valence-corrected chi connectivity index (χ0v) is 43.1. The Labute approximate surface area is 395 Å². The molecule has 2 atom stereocenters. The van der Waals surface area contributed by atoms with Crippen molar-refractivity contribution in [3.63, 3.8) is 0 Å². The number of nitrogens with zero attached hydrogens (tertiary/aromatic N) is 1. The van der Waals surface area contributed by atoms with E-state index in [1.54, 1.807) is 0 Å². The van der Waals surface area contributed by atoms with Crippen LogP contribution in [0, 0.1) is 0 Å². The average molecular weight is 919 g/mol. The monoisotopic (exact) mass is 919 g/mol. The van der Waals surface area contributed by atoms with E-state index in [1.807, 2.05) is 21.1 Å². The van der Waals surface area contributed by atoms with Gasteiger partial charge in [0.25, 0.3) is 0 Å². The number of phosphoric ester groups is 1. The Morgan fingerprint density at radius 2 is 0.906 bits per heavy atom. The second kappa shape index (κ2) is 47.4. The number of esters is 1. The van der Waals surface area contributed by atoms with Crippen molar-refractivity contribution in [2.45, 2.75) is 219 Å². The lowest BCUT2D eigenvalue weighted by Gasteiger charge is -2.24. The Morgan fingerprint density at radius 3 is 1.36 bits per heavy atom. The standard InChI is InChI=1S/C55H100NO7P/c1-6-8-10-12-14-16-18-20-22-24-25-26-27-28-29-30-31-32-33-35-37-39-41-43-45-47-50-60-52-54(53-62-64(58,59)61-51-49-56(3,4)5)63-55(57)48-46-44-42-40-38-36-34-23-21-19-17-15-13-11-9-7-2/h8,10,14,16,20,22,25-26,28-29,31-32,54H,6-7,9,11-13,15,17-19,21,23-24,27,30,33-53H2,1-5H3/p+1/b10-8-,16-14-,22-20-,26-25-,29-28-,32-31-. The van der Waals surface area contributed by atoms with Gasteiger partial charge in [-0.2, -0.15) is 0 Å². The zero-order chi connectivity index (χ0) is 46.9. The van der Waals surface area contributed by atoms with Crippen molar-refractivity contribution >= 4 is 13.8 Å². The van der Waals surface area contributed by atoms with E-state index in [0.29, 0.717) is 24.1 Å².